The maximum absolute atomic E-state index is 10.5. The molecule has 0 aliphatic rings. The molecule has 5 heteroatoms. The standard InChI is InChI=1S/C6H13NO3S/c1-6(2,5(8)9)11-4-10-7-3/h7H,4H2,1-3H3,(H,8,9). The number of nitrogens with one attached hydrogen (secondary N) is 1. The molecule has 2 N–H and O–H groups in total. The normalized spacial score (nSPS) is 11.5. The van der Waals surface area contributed by atoms with Crippen molar-refractivity contribution in [3.05, 3.63) is 0 Å². The molecule has 0 spiro atoms. The minimum atomic E-state index is -0.831. The predicted octanol–water partition coefficient (Wildman–Crippen LogP) is 0.691. The van der Waals surface area contributed by atoms with E-state index >= 15 is 0 Å². The van der Waals surface area contributed by atoms with E-state index in [0.717, 1.165) is 0 Å². The van der Waals surface area contributed by atoms with Gasteiger partial charge in [0.2, 0.25) is 0 Å². The van der Waals surface area contributed by atoms with Crippen LogP contribution in [0, 0.1) is 0 Å². The van der Waals surface area contributed by atoms with Crippen molar-refractivity contribution in [2.24, 2.45) is 0 Å². The second-order valence-electron chi connectivity index (χ2n) is 2.43. The van der Waals surface area contributed by atoms with Crippen LogP contribution in [0.15, 0.2) is 0 Å². The summed E-state index contributed by atoms with van der Waals surface area (Å²) in [5.41, 5.74) is 2.47. The summed E-state index contributed by atoms with van der Waals surface area (Å²) in [6.45, 7) is 3.28. The van der Waals surface area contributed by atoms with E-state index in [2.05, 4.69) is 5.48 Å². The molecule has 66 valence electrons. The average molecular weight is 179 g/mol. The number of carbonyl (C=O) groups is 1. The third kappa shape index (κ3) is 4.23. The second kappa shape index (κ2) is 4.58. The lowest BCUT2D eigenvalue weighted by molar-refractivity contribution is -0.138. The van der Waals surface area contributed by atoms with Crippen LogP contribution in [0.3, 0.4) is 0 Å². The van der Waals surface area contributed by atoms with Crippen molar-refractivity contribution in [2.45, 2.75) is 18.6 Å². The molecule has 4 nitrogen and oxygen atoms in total. The fourth-order valence-electron chi connectivity index (χ4n) is 0.297. The van der Waals surface area contributed by atoms with Crippen LogP contribution in [0.1, 0.15) is 13.8 Å². The first-order valence-electron chi connectivity index (χ1n) is 3.16. The Labute approximate surface area is 70.3 Å². The fraction of sp³-hybridized carbons (Fsp3) is 0.833. The molecule has 0 amide bonds. The van der Waals surface area contributed by atoms with Crippen molar-refractivity contribution < 1.29 is 14.7 Å². The third-order valence-corrected chi connectivity index (χ3v) is 2.27. The number of hydrogen-bond donors (Lipinski definition) is 2. The van der Waals surface area contributed by atoms with E-state index in [0.29, 0.717) is 5.94 Å². The van der Waals surface area contributed by atoms with Gasteiger partial charge in [0.05, 0.1) is 0 Å². The molecule has 0 saturated carbocycles. The first-order chi connectivity index (χ1) is 5.00. The number of hydroxylamine groups is 1. The van der Waals surface area contributed by atoms with Gasteiger partial charge in [-0.1, -0.05) is 0 Å². The van der Waals surface area contributed by atoms with Gasteiger partial charge in [-0.15, -0.1) is 11.8 Å². The van der Waals surface area contributed by atoms with Crippen molar-refractivity contribution in [3.8, 4) is 0 Å². The highest BCUT2D eigenvalue weighted by Crippen LogP contribution is 2.23. The highest BCUT2D eigenvalue weighted by atomic mass is 32.2. The van der Waals surface area contributed by atoms with Crippen LogP contribution in [-0.2, 0) is 9.63 Å². The minimum absolute atomic E-state index is 0.329. The molecule has 0 unspecified atom stereocenters. The van der Waals surface area contributed by atoms with Gasteiger partial charge in [0.1, 0.15) is 10.7 Å². The van der Waals surface area contributed by atoms with Crippen LogP contribution in [0.4, 0.5) is 0 Å². The van der Waals surface area contributed by atoms with Gasteiger partial charge >= 0.3 is 5.97 Å². The Morgan fingerprint density at radius 3 is 2.64 bits per heavy atom. The van der Waals surface area contributed by atoms with Gasteiger partial charge in [-0.2, -0.15) is 0 Å². The summed E-state index contributed by atoms with van der Waals surface area (Å²) in [6, 6.07) is 0. The largest absolute Gasteiger partial charge is 0.480 e. The molecule has 0 bridgehead atoms. The Kier molecular flexibility index (Phi) is 4.48. The summed E-state index contributed by atoms with van der Waals surface area (Å²) < 4.78 is -0.781. The van der Waals surface area contributed by atoms with E-state index in [1.165, 1.54) is 11.8 Å². The van der Waals surface area contributed by atoms with Gasteiger partial charge in [-0.25, -0.2) is 5.48 Å². The van der Waals surface area contributed by atoms with Gasteiger partial charge < -0.3 is 5.11 Å². The minimum Gasteiger partial charge on any atom is -0.480 e. The van der Waals surface area contributed by atoms with E-state index in [1.54, 1.807) is 20.9 Å². The molecule has 0 fully saturated rings. The summed E-state index contributed by atoms with van der Waals surface area (Å²) in [5, 5.41) is 8.64. The van der Waals surface area contributed by atoms with Crippen LogP contribution in [0.5, 0.6) is 0 Å². The van der Waals surface area contributed by atoms with Gasteiger partial charge in [0.15, 0.2) is 0 Å². The van der Waals surface area contributed by atoms with Gasteiger partial charge in [0.25, 0.3) is 0 Å². The van der Waals surface area contributed by atoms with Gasteiger partial charge in [-0.3, -0.25) is 9.63 Å². The Morgan fingerprint density at radius 1 is 1.73 bits per heavy atom. The summed E-state index contributed by atoms with van der Waals surface area (Å²) in [4.78, 5) is 15.3. The number of carboxylic acids is 1. The first kappa shape index (κ1) is 10.7. The summed E-state index contributed by atoms with van der Waals surface area (Å²) in [7, 11) is 1.63. The van der Waals surface area contributed by atoms with Gasteiger partial charge in [0, 0.05) is 7.05 Å². The summed E-state index contributed by atoms with van der Waals surface area (Å²) in [5.74, 6) is -0.502. The fourth-order valence-corrected chi connectivity index (χ4v) is 0.892. The molecule has 0 saturated heterocycles. The molecule has 11 heavy (non-hydrogen) atoms. The predicted molar refractivity (Wildman–Crippen MR) is 44.3 cm³/mol. The van der Waals surface area contributed by atoms with E-state index in [4.69, 9.17) is 9.94 Å². The highest BCUT2D eigenvalue weighted by molar-refractivity contribution is 8.01. The zero-order valence-electron chi connectivity index (χ0n) is 6.88. The number of aliphatic carboxylic acids is 1. The SMILES string of the molecule is CNOCSC(C)(C)C(=O)O. The van der Waals surface area contributed by atoms with E-state index in [1.807, 2.05) is 0 Å². The second-order valence-corrected chi connectivity index (χ2v) is 3.97. The number of carboxylic acid groups (broad SMARTS) is 1. The molecular weight excluding hydrogens is 166 g/mol. The smallest absolute Gasteiger partial charge is 0.319 e. The van der Waals surface area contributed by atoms with Crippen LogP contribution in [0.25, 0.3) is 0 Å². The molecule has 0 aromatic heterocycles. The quantitative estimate of drug-likeness (QED) is 0.369. The van der Waals surface area contributed by atoms with E-state index in [9.17, 15) is 4.79 Å². The first-order valence-corrected chi connectivity index (χ1v) is 4.15. The van der Waals surface area contributed by atoms with Crippen LogP contribution < -0.4 is 5.48 Å². The van der Waals surface area contributed by atoms with Crippen LogP contribution in [0.2, 0.25) is 0 Å². The topological polar surface area (TPSA) is 58.6 Å². The number of hydrogen-bond acceptors (Lipinski definition) is 4. The molecule has 0 aromatic carbocycles. The molecule has 0 rings (SSSR count). The molecule has 0 aliphatic heterocycles. The third-order valence-electron chi connectivity index (χ3n) is 1.14. The van der Waals surface area contributed by atoms with E-state index in [-0.39, 0.29) is 0 Å². The summed E-state index contributed by atoms with van der Waals surface area (Å²) in [6.07, 6.45) is 0. The lowest BCUT2D eigenvalue weighted by Crippen LogP contribution is -2.28. The van der Waals surface area contributed by atoms with Crippen molar-refractivity contribution >= 4 is 17.7 Å². The molecule has 0 heterocycles. The Hall–Kier alpha value is -0.260. The van der Waals surface area contributed by atoms with E-state index < -0.39 is 10.7 Å². The lowest BCUT2D eigenvalue weighted by atomic mass is 10.2. The molecule has 0 radical (unpaired) electrons. The Bertz CT molecular complexity index is 138. The zero-order chi connectivity index (χ0) is 8.91. The Morgan fingerprint density at radius 2 is 2.27 bits per heavy atom. The van der Waals surface area contributed by atoms with Gasteiger partial charge in [-0.05, 0) is 13.8 Å². The van der Waals surface area contributed by atoms with Crippen molar-refractivity contribution in [1.82, 2.24) is 5.48 Å². The monoisotopic (exact) mass is 179 g/mol. The van der Waals surface area contributed by atoms with Crippen LogP contribution in [-0.4, -0.2) is 28.8 Å². The van der Waals surface area contributed by atoms with Crippen molar-refractivity contribution in [3.63, 3.8) is 0 Å². The maximum Gasteiger partial charge on any atom is 0.319 e. The molecule has 0 aliphatic carbocycles. The Balaban J connectivity index is 3.64. The molecule has 0 atom stereocenters. The highest BCUT2D eigenvalue weighted by Gasteiger charge is 2.27. The molecule has 0 aromatic rings. The zero-order valence-corrected chi connectivity index (χ0v) is 7.70. The number of rotatable bonds is 5. The lowest BCUT2D eigenvalue weighted by Gasteiger charge is -2.17. The number of thioether (sulfide) groups is 1. The van der Waals surface area contributed by atoms with Crippen molar-refractivity contribution in [1.29, 1.82) is 0 Å². The average Bonchev–Trinajstić information content (AvgIpc) is 1.88. The maximum atomic E-state index is 10.5. The van der Waals surface area contributed by atoms with Crippen molar-refractivity contribution in [2.75, 3.05) is 13.0 Å². The summed E-state index contributed by atoms with van der Waals surface area (Å²) >= 11 is 1.23. The molecular formula is C6H13NO3S. The van der Waals surface area contributed by atoms with Crippen LogP contribution >= 0.6 is 11.8 Å².